The first kappa shape index (κ1) is 13.3. The third kappa shape index (κ3) is 3.08. The molecule has 1 aromatic carbocycles. The fourth-order valence-corrected chi connectivity index (χ4v) is 2.59. The van der Waals surface area contributed by atoms with Gasteiger partial charge in [-0.15, -0.1) is 0 Å². The van der Waals surface area contributed by atoms with E-state index in [1.165, 1.54) is 12.0 Å². The van der Waals surface area contributed by atoms with Crippen molar-refractivity contribution >= 4 is 0 Å². The van der Waals surface area contributed by atoms with E-state index in [2.05, 4.69) is 41.5 Å². The number of aromatic nitrogens is 2. The first-order valence-corrected chi connectivity index (χ1v) is 7.15. The molecular weight excluding hydrogens is 250 g/mol. The summed E-state index contributed by atoms with van der Waals surface area (Å²) in [7, 11) is 0. The first-order chi connectivity index (χ1) is 9.75. The van der Waals surface area contributed by atoms with Gasteiger partial charge in [-0.3, -0.25) is 0 Å². The Hall–Kier alpha value is -1.65. The Kier molecular flexibility index (Phi) is 3.85. The van der Waals surface area contributed by atoms with Gasteiger partial charge in [0.05, 0.1) is 12.9 Å². The van der Waals surface area contributed by atoms with Crippen molar-refractivity contribution in [2.45, 2.75) is 31.8 Å². The van der Waals surface area contributed by atoms with Crippen LogP contribution in [0.5, 0.6) is 0 Å². The fraction of sp³-hybridized carbons (Fsp3) is 0.438. The SMILES string of the molecule is CC1(NCc2ccc(-n3ccnc3)cc2)CCCOC1. The molecule has 20 heavy (non-hydrogen) atoms. The number of rotatable bonds is 4. The van der Waals surface area contributed by atoms with E-state index in [9.17, 15) is 0 Å². The highest BCUT2D eigenvalue weighted by Crippen LogP contribution is 2.19. The van der Waals surface area contributed by atoms with Gasteiger partial charge in [-0.05, 0) is 37.5 Å². The van der Waals surface area contributed by atoms with Crippen LogP contribution in [0.3, 0.4) is 0 Å². The molecule has 4 heteroatoms. The number of nitrogens with zero attached hydrogens (tertiary/aromatic N) is 2. The molecule has 2 heterocycles. The molecule has 0 amide bonds. The van der Waals surface area contributed by atoms with Crippen molar-refractivity contribution in [3.63, 3.8) is 0 Å². The van der Waals surface area contributed by atoms with E-state index in [1.54, 1.807) is 6.20 Å². The number of hydrogen-bond acceptors (Lipinski definition) is 3. The lowest BCUT2D eigenvalue weighted by atomic mass is 9.94. The maximum atomic E-state index is 5.57. The van der Waals surface area contributed by atoms with Crippen molar-refractivity contribution in [1.29, 1.82) is 0 Å². The van der Waals surface area contributed by atoms with E-state index in [1.807, 2.05) is 17.1 Å². The number of hydrogen-bond donors (Lipinski definition) is 1. The zero-order valence-corrected chi connectivity index (χ0v) is 11.9. The minimum atomic E-state index is 0.112. The summed E-state index contributed by atoms with van der Waals surface area (Å²) < 4.78 is 7.58. The van der Waals surface area contributed by atoms with E-state index < -0.39 is 0 Å². The second-order valence-electron chi connectivity index (χ2n) is 5.71. The van der Waals surface area contributed by atoms with Crippen LogP contribution in [0.2, 0.25) is 0 Å². The minimum absolute atomic E-state index is 0.112. The Labute approximate surface area is 119 Å². The molecule has 0 bridgehead atoms. The highest BCUT2D eigenvalue weighted by Gasteiger charge is 2.26. The van der Waals surface area contributed by atoms with Crippen molar-refractivity contribution in [2.75, 3.05) is 13.2 Å². The molecule has 3 rings (SSSR count). The van der Waals surface area contributed by atoms with Gasteiger partial charge in [0.15, 0.2) is 0 Å². The molecule has 4 nitrogen and oxygen atoms in total. The standard InChI is InChI=1S/C16H21N3O/c1-16(7-2-10-20-12-16)18-11-14-3-5-15(6-4-14)19-9-8-17-13-19/h3-6,8-9,13,18H,2,7,10-12H2,1H3. The zero-order valence-electron chi connectivity index (χ0n) is 11.9. The molecule has 1 fully saturated rings. The average Bonchev–Trinajstić information content (AvgIpc) is 3.01. The Morgan fingerprint density at radius 1 is 1.35 bits per heavy atom. The lowest BCUT2D eigenvalue weighted by molar-refractivity contribution is 0.0278. The van der Waals surface area contributed by atoms with Gasteiger partial charge in [-0.2, -0.15) is 0 Å². The zero-order chi connectivity index (χ0) is 13.8. The van der Waals surface area contributed by atoms with Gasteiger partial charge in [0.25, 0.3) is 0 Å². The Morgan fingerprint density at radius 3 is 2.85 bits per heavy atom. The summed E-state index contributed by atoms with van der Waals surface area (Å²) in [6.45, 7) is 4.83. The van der Waals surface area contributed by atoms with Crippen LogP contribution < -0.4 is 5.32 Å². The first-order valence-electron chi connectivity index (χ1n) is 7.15. The Balaban J connectivity index is 1.61. The lowest BCUT2D eigenvalue weighted by Gasteiger charge is -2.34. The van der Waals surface area contributed by atoms with Crippen LogP contribution in [0.15, 0.2) is 43.0 Å². The van der Waals surface area contributed by atoms with Crippen molar-refractivity contribution in [3.8, 4) is 5.69 Å². The molecule has 0 aliphatic carbocycles. The molecule has 2 aromatic rings. The number of benzene rings is 1. The van der Waals surface area contributed by atoms with Gasteiger partial charge in [0, 0.05) is 36.8 Å². The van der Waals surface area contributed by atoms with Crippen molar-refractivity contribution in [3.05, 3.63) is 48.5 Å². The van der Waals surface area contributed by atoms with E-state index in [0.717, 1.165) is 31.9 Å². The lowest BCUT2D eigenvalue weighted by Crippen LogP contribution is -2.48. The summed E-state index contributed by atoms with van der Waals surface area (Å²) in [5.74, 6) is 0. The highest BCUT2D eigenvalue weighted by atomic mass is 16.5. The van der Waals surface area contributed by atoms with Crippen LogP contribution in [0, 0.1) is 0 Å². The van der Waals surface area contributed by atoms with Crippen LogP contribution in [-0.2, 0) is 11.3 Å². The van der Waals surface area contributed by atoms with Crippen molar-refractivity contribution in [2.24, 2.45) is 0 Å². The molecule has 1 aromatic heterocycles. The summed E-state index contributed by atoms with van der Waals surface area (Å²) in [4.78, 5) is 4.06. The summed E-state index contributed by atoms with van der Waals surface area (Å²) in [6, 6.07) is 8.57. The fourth-order valence-electron chi connectivity index (χ4n) is 2.59. The molecule has 1 aliphatic rings. The molecule has 0 saturated carbocycles. The molecular formula is C16H21N3O. The normalized spacial score (nSPS) is 22.9. The molecule has 1 saturated heterocycles. The van der Waals surface area contributed by atoms with E-state index in [-0.39, 0.29) is 5.54 Å². The summed E-state index contributed by atoms with van der Waals surface area (Å²) in [5, 5.41) is 3.62. The molecule has 106 valence electrons. The summed E-state index contributed by atoms with van der Waals surface area (Å²) in [5.41, 5.74) is 2.54. The molecule has 0 radical (unpaired) electrons. The third-order valence-corrected chi connectivity index (χ3v) is 3.90. The average molecular weight is 271 g/mol. The molecule has 1 unspecified atom stereocenters. The Morgan fingerprint density at radius 2 is 2.20 bits per heavy atom. The quantitative estimate of drug-likeness (QED) is 0.928. The van der Waals surface area contributed by atoms with Crippen LogP contribution in [0.1, 0.15) is 25.3 Å². The summed E-state index contributed by atoms with van der Waals surface area (Å²) in [6.07, 6.45) is 7.88. The predicted octanol–water partition coefficient (Wildman–Crippen LogP) is 2.53. The third-order valence-electron chi connectivity index (χ3n) is 3.90. The van der Waals surface area contributed by atoms with Gasteiger partial charge < -0.3 is 14.6 Å². The molecule has 1 atom stereocenters. The van der Waals surface area contributed by atoms with E-state index in [0.29, 0.717) is 0 Å². The van der Waals surface area contributed by atoms with Crippen LogP contribution >= 0.6 is 0 Å². The van der Waals surface area contributed by atoms with Gasteiger partial charge in [-0.25, -0.2) is 4.98 Å². The summed E-state index contributed by atoms with van der Waals surface area (Å²) >= 11 is 0. The maximum absolute atomic E-state index is 5.57. The Bertz CT molecular complexity index is 527. The van der Waals surface area contributed by atoms with Gasteiger partial charge >= 0.3 is 0 Å². The monoisotopic (exact) mass is 271 g/mol. The molecule has 0 spiro atoms. The number of imidazole rings is 1. The minimum Gasteiger partial charge on any atom is -0.380 e. The number of nitrogens with one attached hydrogen (secondary N) is 1. The van der Waals surface area contributed by atoms with Gasteiger partial charge in [0.1, 0.15) is 0 Å². The van der Waals surface area contributed by atoms with E-state index in [4.69, 9.17) is 4.74 Å². The topological polar surface area (TPSA) is 39.1 Å². The molecule has 1 N–H and O–H groups in total. The second kappa shape index (κ2) is 5.77. The molecule has 1 aliphatic heterocycles. The maximum Gasteiger partial charge on any atom is 0.0991 e. The predicted molar refractivity (Wildman–Crippen MR) is 78.9 cm³/mol. The van der Waals surface area contributed by atoms with Gasteiger partial charge in [-0.1, -0.05) is 12.1 Å². The van der Waals surface area contributed by atoms with Gasteiger partial charge in [0.2, 0.25) is 0 Å². The number of ether oxygens (including phenoxy) is 1. The van der Waals surface area contributed by atoms with Crippen LogP contribution in [0.4, 0.5) is 0 Å². The largest absolute Gasteiger partial charge is 0.380 e. The highest BCUT2D eigenvalue weighted by molar-refractivity contribution is 5.34. The second-order valence-corrected chi connectivity index (χ2v) is 5.71. The van der Waals surface area contributed by atoms with Crippen LogP contribution in [-0.4, -0.2) is 28.3 Å². The van der Waals surface area contributed by atoms with E-state index >= 15 is 0 Å². The smallest absolute Gasteiger partial charge is 0.0991 e. The van der Waals surface area contributed by atoms with Crippen molar-refractivity contribution < 1.29 is 4.74 Å². The van der Waals surface area contributed by atoms with Crippen molar-refractivity contribution in [1.82, 2.24) is 14.9 Å². The van der Waals surface area contributed by atoms with Crippen LogP contribution in [0.25, 0.3) is 5.69 Å².